The fourth-order valence-corrected chi connectivity index (χ4v) is 3.64. The van der Waals surface area contributed by atoms with Crippen LogP contribution in [0.1, 0.15) is 52.9 Å². The fraction of sp³-hybridized carbons (Fsp3) is 0.875. The van der Waals surface area contributed by atoms with E-state index < -0.39 is 12.0 Å². The first-order valence-corrected chi connectivity index (χ1v) is 8.12. The minimum atomic E-state index is -0.863. The van der Waals surface area contributed by atoms with Crippen LogP contribution in [0.3, 0.4) is 0 Å². The first-order valence-electron chi connectivity index (χ1n) is 8.12. The van der Waals surface area contributed by atoms with Crippen molar-refractivity contribution >= 4 is 12.0 Å². The van der Waals surface area contributed by atoms with Gasteiger partial charge in [-0.1, -0.05) is 27.2 Å². The van der Waals surface area contributed by atoms with E-state index in [4.69, 9.17) is 0 Å². The summed E-state index contributed by atoms with van der Waals surface area (Å²) >= 11 is 0. The van der Waals surface area contributed by atoms with E-state index in [2.05, 4.69) is 20.8 Å². The smallest absolute Gasteiger partial charge is 0.326 e. The maximum atomic E-state index is 12.7. The predicted octanol–water partition coefficient (Wildman–Crippen LogP) is 2.80. The maximum absolute atomic E-state index is 12.7. The number of urea groups is 1. The Bertz CT molecular complexity index is 408. The average Bonchev–Trinajstić information content (AvgIpc) is 2.44. The second-order valence-corrected chi connectivity index (χ2v) is 7.32. The van der Waals surface area contributed by atoms with Crippen LogP contribution >= 0.6 is 0 Å². The van der Waals surface area contributed by atoms with Crippen molar-refractivity contribution in [2.75, 3.05) is 19.6 Å². The minimum Gasteiger partial charge on any atom is -0.480 e. The summed E-state index contributed by atoms with van der Waals surface area (Å²) in [5.41, 5.74) is 0.133. The van der Waals surface area contributed by atoms with E-state index in [1.807, 2.05) is 4.90 Å². The lowest BCUT2D eigenvalue weighted by atomic mass is 9.84. The SMILES string of the molecule is CCC1CCN(C(=O)N2CCCC(C)(C)C2)C(C(=O)O)C1. The number of carbonyl (C=O) groups excluding carboxylic acids is 1. The molecule has 120 valence electrons. The van der Waals surface area contributed by atoms with E-state index in [-0.39, 0.29) is 11.4 Å². The van der Waals surface area contributed by atoms with Gasteiger partial charge in [-0.3, -0.25) is 0 Å². The molecule has 1 N–H and O–H groups in total. The Hall–Kier alpha value is -1.26. The van der Waals surface area contributed by atoms with Crippen molar-refractivity contribution in [2.45, 2.75) is 58.9 Å². The predicted molar refractivity (Wildman–Crippen MR) is 81.1 cm³/mol. The van der Waals surface area contributed by atoms with Crippen molar-refractivity contribution in [3.05, 3.63) is 0 Å². The number of carbonyl (C=O) groups is 2. The zero-order valence-corrected chi connectivity index (χ0v) is 13.5. The van der Waals surface area contributed by atoms with Crippen molar-refractivity contribution in [3.63, 3.8) is 0 Å². The van der Waals surface area contributed by atoms with Crippen LogP contribution in [0.2, 0.25) is 0 Å². The van der Waals surface area contributed by atoms with Gasteiger partial charge in [0.2, 0.25) is 0 Å². The van der Waals surface area contributed by atoms with E-state index in [9.17, 15) is 14.7 Å². The molecule has 2 saturated heterocycles. The van der Waals surface area contributed by atoms with E-state index in [1.54, 1.807) is 4.90 Å². The Morgan fingerprint density at radius 1 is 1.29 bits per heavy atom. The van der Waals surface area contributed by atoms with Gasteiger partial charge in [-0.05, 0) is 37.0 Å². The second kappa shape index (κ2) is 6.24. The Balaban J connectivity index is 2.08. The number of hydrogen-bond donors (Lipinski definition) is 1. The van der Waals surface area contributed by atoms with E-state index in [1.165, 1.54) is 0 Å². The molecule has 2 heterocycles. The van der Waals surface area contributed by atoms with Crippen molar-refractivity contribution in [1.82, 2.24) is 9.80 Å². The summed E-state index contributed by atoms with van der Waals surface area (Å²) in [6.07, 6.45) is 4.62. The van der Waals surface area contributed by atoms with Crippen molar-refractivity contribution in [1.29, 1.82) is 0 Å². The average molecular weight is 296 g/mol. The number of nitrogens with zero attached hydrogens (tertiary/aromatic N) is 2. The first-order chi connectivity index (χ1) is 9.84. The normalized spacial score (nSPS) is 29.3. The lowest BCUT2D eigenvalue weighted by Crippen LogP contribution is -2.56. The standard InChI is InChI=1S/C16H28N2O3/c1-4-12-6-9-18(13(10-12)14(19)20)15(21)17-8-5-7-16(2,3)11-17/h12-13H,4-11H2,1-3H3,(H,19,20). The van der Waals surface area contributed by atoms with Crippen LogP contribution in [0.5, 0.6) is 0 Å². The Kier molecular flexibility index (Phi) is 4.79. The van der Waals surface area contributed by atoms with E-state index >= 15 is 0 Å². The summed E-state index contributed by atoms with van der Waals surface area (Å²) in [7, 11) is 0. The molecule has 2 amide bonds. The quantitative estimate of drug-likeness (QED) is 0.852. The molecule has 2 fully saturated rings. The third-order valence-corrected chi connectivity index (χ3v) is 4.99. The van der Waals surface area contributed by atoms with Crippen LogP contribution in [0.4, 0.5) is 4.79 Å². The molecule has 2 unspecified atom stereocenters. The topological polar surface area (TPSA) is 60.9 Å². The summed E-state index contributed by atoms with van der Waals surface area (Å²) in [6, 6.07) is -0.731. The summed E-state index contributed by atoms with van der Waals surface area (Å²) in [5.74, 6) is -0.439. The number of amides is 2. The molecule has 0 bridgehead atoms. The van der Waals surface area contributed by atoms with Gasteiger partial charge in [0, 0.05) is 19.6 Å². The highest BCUT2D eigenvalue weighted by molar-refractivity contribution is 5.83. The fourth-order valence-electron chi connectivity index (χ4n) is 3.64. The summed E-state index contributed by atoms with van der Waals surface area (Å²) in [6.45, 7) is 8.49. The van der Waals surface area contributed by atoms with Gasteiger partial charge in [-0.2, -0.15) is 0 Å². The van der Waals surface area contributed by atoms with Gasteiger partial charge in [0.1, 0.15) is 6.04 Å². The molecule has 0 aliphatic carbocycles. The molecule has 0 aromatic carbocycles. The molecule has 21 heavy (non-hydrogen) atoms. The van der Waals surface area contributed by atoms with Crippen molar-refractivity contribution in [2.24, 2.45) is 11.3 Å². The molecule has 0 radical (unpaired) electrons. The molecule has 2 aliphatic rings. The molecular weight excluding hydrogens is 268 g/mol. The third kappa shape index (κ3) is 3.69. The van der Waals surface area contributed by atoms with Crippen LogP contribution < -0.4 is 0 Å². The van der Waals surface area contributed by atoms with Gasteiger partial charge in [-0.15, -0.1) is 0 Å². The number of likely N-dealkylation sites (tertiary alicyclic amines) is 2. The Morgan fingerprint density at radius 2 is 2.00 bits per heavy atom. The molecule has 2 atom stereocenters. The summed E-state index contributed by atoms with van der Waals surface area (Å²) in [4.78, 5) is 27.7. The van der Waals surface area contributed by atoms with Gasteiger partial charge >= 0.3 is 12.0 Å². The number of hydrogen-bond acceptors (Lipinski definition) is 2. The Labute approximate surface area is 127 Å². The van der Waals surface area contributed by atoms with Crippen LogP contribution in [-0.4, -0.2) is 52.6 Å². The monoisotopic (exact) mass is 296 g/mol. The number of carboxylic acids is 1. The van der Waals surface area contributed by atoms with Gasteiger partial charge in [0.05, 0.1) is 0 Å². The molecule has 5 heteroatoms. The minimum absolute atomic E-state index is 0.0790. The third-order valence-electron chi connectivity index (χ3n) is 4.99. The lowest BCUT2D eigenvalue weighted by Gasteiger charge is -2.43. The number of rotatable bonds is 2. The number of piperidine rings is 2. The highest BCUT2D eigenvalue weighted by Crippen LogP contribution is 2.31. The van der Waals surface area contributed by atoms with Crippen molar-refractivity contribution < 1.29 is 14.7 Å². The number of carboxylic acid groups (broad SMARTS) is 1. The first kappa shape index (κ1) is 16.1. The summed E-state index contributed by atoms with van der Waals surface area (Å²) < 4.78 is 0. The summed E-state index contributed by atoms with van der Waals surface area (Å²) in [5, 5.41) is 9.46. The van der Waals surface area contributed by atoms with Crippen LogP contribution in [-0.2, 0) is 4.79 Å². The Morgan fingerprint density at radius 3 is 2.57 bits per heavy atom. The van der Waals surface area contributed by atoms with E-state index in [0.29, 0.717) is 18.9 Å². The van der Waals surface area contributed by atoms with Gasteiger partial charge in [-0.25, -0.2) is 9.59 Å². The molecule has 5 nitrogen and oxygen atoms in total. The maximum Gasteiger partial charge on any atom is 0.326 e. The highest BCUT2D eigenvalue weighted by Gasteiger charge is 2.39. The molecule has 0 aromatic rings. The molecule has 2 rings (SSSR count). The van der Waals surface area contributed by atoms with Gasteiger partial charge in [0.25, 0.3) is 0 Å². The molecular formula is C16H28N2O3. The van der Waals surface area contributed by atoms with Gasteiger partial charge in [0.15, 0.2) is 0 Å². The highest BCUT2D eigenvalue weighted by atomic mass is 16.4. The second-order valence-electron chi connectivity index (χ2n) is 7.32. The largest absolute Gasteiger partial charge is 0.480 e. The van der Waals surface area contributed by atoms with Crippen LogP contribution in [0, 0.1) is 11.3 Å². The lowest BCUT2D eigenvalue weighted by molar-refractivity contribution is -0.144. The molecule has 0 aromatic heterocycles. The molecule has 0 saturated carbocycles. The van der Waals surface area contributed by atoms with Crippen LogP contribution in [0.15, 0.2) is 0 Å². The van der Waals surface area contributed by atoms with Gasteiger partial charge < -0.3 is 14.9 Å². The zero-order chi connectivity index (χ0) is 15.6. The van der Waals surface area contributed by atoms with Crippen molar-refractivity contribution in [3.8, 4) is 0 Å². The molecule has 2 aliphatic heterocycles. The zero-order valence-electron chi connectivity index (χ0n) is 13.5. The van der Waals surface area contributed by atoms with Crippen LogP contribution in [0.25, 0.3) is 0 Å². The van der Waals surface area contributed by atoms with E-state index in [0.717, 1.165) is 38.8 Å². The molecule has 0 spiro atoms. The number of aliphatic carboxylic acids is 1.